The number of nitrogens with zero attached hydrogens (tertiary/aromatic N) is 3. The Morgan fingerprint density at radius 3 is 2.76 bits per heavy atom. The number of aromatic amines is 1. The van der Waals surface area contributed by atoms with Crippen molar-refractivity contribution in [3.63, 3.8) is 0 Å². The third kappa shape index (κ3) is 5.34. The number of amides is 1. The van der Waals surface area contributed by atoms with Crippen LogP contribution in [0.1, 0.15) is 62.3 Å². The van der Waals surface area contributed by atoms with E-state index in [9.17, 15) is 4.79 Å². The highest BCUT2D eigenvalue weighted by Gasteiger charge is 2.23. The van der Waals surface area contributed by atoms with Crippen molar-refractivity contribution in [3.8, 4) is 11.1 Å². The lowest BCUT2D eigenvalue weighted by Gasteiger charge is -2.28. The van der Waals surface area contributed by atoms with Gasteiger partial charge in [-0.25, -0.2) is 9.37 Å². The molecule has 5 rings (SSSR count). The number of nitrogens with one attached hydrogen (secondary N) is 4. The van der Waals surface area contributed by atoms with Gasteiger partial charge in [-0.3, -0.25) is 9.89 Å². The number of aromatic nitrogens is 4. The van der Waals surface area contributed by atoms with Gasteiger partial charge >= 0.3 is 0 Å². The van der Waals surface area contributed by atoms with Gasteiger partial charge in [-0.1, -0.05) is 38.1 Å². The van der Waals surface area contributed by atoms with Crippen LogP contribution >= 0.6 is 0 Å². The van der Waals surface area contributed by atoms with E-state index in [1.807, 2.05) is 32.9 Å². The summed E-state index contributed by atoms with van der Waals surface area (Å²) in [5, 5.41) is 21.8. The molecule has 0 bridgehead atoms. The van der Waals surface area contributed by atoms with Crippen LogP contribution in [-0.4, -0.2) is 44.9 Å². The van der Waals surface area contributed by atoms with E-state index >= 15 is 4.39 Å². The summed E-state index contributed by atoms with van der Waals surface area (Å²) in [6.45, 7) is 8.98. The largest absolute Gasteiger partial charge is 0.364 e. The molecule has 10 heteroatoms. The highest BCUT2D eigenvalue weighted by atomic mass is 19.1. The Morgan fingerprint density at radius 1 is 1.22 bits per heavy atom. The number of carbonyl (C=O) groups is 1. The van der Waals surface area contributed by atoms with E-state index < -0.39 is 11.7 Å². The van der Waals surface area contributed by atoms with E-state index in [0.717, 1.165) is 30.3 Å². The summed E-state index contributed by atoms with van der Waals surface area (Å²) >= 11 is 0. The molecular formula is C27H32FN7O2. The maximum Gasteiger partial charge on any atom is 0.273 e. The average Bonchev–Trinajstić information content (AvgIpc) is 3.53. The van der Waals surface area contributed by atoms with Crippen molar-refractivity contribution in [1.29, 1.82) is 0 Å². The monoisotopic (exact) mass is 505 g/mol. The number of benzene rings is 1. The SMILES string of the molecule is C[C@H]1CC[C@@H](Nc2n[nH]c3nccc(-c4ccc(CNC(=O)c5cc(C(C)(C)C)on5)c(F)c4)c23)CN1. The second-order valence-corrected chi connectivity index (χ2v) is 10.7. The Kier molecular flexibility index (Phi) is 6.68. The van der Waals surface area contributed by atoms with Crippen molar-refractivity contribution in [2.24, 2.45) is 0 Å². The maximum absolute atomic E-state index is 15.1. The lowest BCUT2D eigenvalue weighted by Crippen LogP contribution is -2.43. The molecule has 0 spiro atoms. The minimum atomic E-state index is -0.417. The van der Waals surface area contributed by atoms with Crippen LogP contribution in [0.4, 0.5) is 10.2 Å². The summed E-state index contributed by atoms with van der Waals surface area (Å²) in [7, 11) is 0. The van der Waals surface area contributed by atoms with Gasteiger partial charge in [0.1, 0.15) is 11.6 Å². The third-order valence-electron chi connectivity index (χ3n) is 6.75. The van der Waals surface area contributed by atoms with Gasteiger partial charge in [-0.2, -0.15) is 5.10 Å². The molecule has 4 N–H and O–H groups in total. The van der Waals surface area contributed by atoms with E-state index in [-0.39, 0.29) is 23.7 Å². The highest BCUT2D eigenvalue weighted by Crippen LogP contribution is 2.33. The molecule has 3 aromatic heterocycles. The maximum atomic E-state index is 15.1. The minimum absolute atomic E-state index is 0.0278. The number of anilines is 1. The smallest absolute Gasteiger partial charge is 0.273 e. The molecule has 0 radical (unpaired) electrons. The van der Waals surface area contributed by atoms with E-state index in [1.165, 1.54) is 6.07 Å². The van der Waals surface area contributed by atoms with E-state index in [4.69, 9.17) is 4.52 Å². The lowest BCUT2D eigenvalue weighted by molar-refractivity contribution is 0.0941. The van der Waals surface area contributed by atoms with Gasteiger partial charge in [-0.05, 0) is 43.0 Å². The zero-order valence-corrected chi connectivity index (χ0v) is 21.5. The Balaban J connectivity index is 1.33. The van der Waals surface area contributed by atoms with Gasteiger partial charge in [0, 0.05) is 48.4 Å². The van der Waals surface area contributed by atoms with E-state index in [2.05, 4.69) is 43.2 Å². The molecule has 0 aliphatic carbocycles. The van der Waals surface area contributed by atoms with Crippen LogP contribution in [0.15, 0.2) is 41.1 Å². The fourth-order valence-corrected chi connectivity index (χ4v) is 4.47. The van der Waals surface area contributed by atoms with Gasteiger partial charge in [0.15, 0.2) is 17.2 Å². The van der Waals surface area contributed by atoms with Crippen LogP contribution in [0.3, 0.4) is 0 Å². The molecule has 0 saturated carbocycles. The summed E-state index contributed by atoms with van der Waals surface area (Å²) in [6, 6.07) is 9.23. The molecule has 1 saturated heterocycles. The van der Waals surface area contributed by atoms with Crippen LogP contribution in [-0.2, 0) is 12.0 Å². The number of carbonyl (C=O) groups excluding carboxylic acids is 1. The van der Waals surface area contributed by atoms with Gasteiger partial charge < -0.3 is 20.5 Å². The first-order valence-electron chi connectivity index (χ1n) is 12.6. The normalized spacial score (nSPS) is 18.2. The molecule has 194 valence electrons. The van der Waals surface area contributed by atoms with Gasteiger partial charge in [-0.15, -0.1) is 0 Å². The molecule has 1 amide bonds. The molecule has 4 heterocycles. The Morgan fingerprint density at radius 2 is 2.05 bits per heavy atom. The van der Waals surface area contributed by atoms with Crippen LogP contribution in [0, 0.1) is 5.82 Å². The molecular weight excluding hydrogens is 473 g/mol. The minimum Gasteiger partial charge on any atom is -0.364 e. The zero-order valence-electron chi connectivity index (χ0n) is 21.5. The number of fused-ring (bicyclic) bond motifs is 1. The van der Waals surface area contributed by atoms with Crippen molar-refractivity contribution >= 4 is 22.8 Å². The number of H-pyrrole nitrogens is 1. The molecule has 4 aromatic rings. The Labute approximate surface area is 214 Å². The highest BCUT2D eigenvalue weighted by molar-refractivity contribution is 6.00. The second kappa shape index (κ2) is 9.93. The second-order valence-electron chi connectivity index (χ2n) is 10.7. The predicted molar refractivity (Wildman–Crippen MR) is 140 cm³/mol. The van der Waals surface area contributed by atoms with E-state index in [0.29, 0.717) is 34.4 Å². The fourth-order valence-electron chi connectivity index (χ4n) is 4.47. The van der Waals surface area contributed by atoms with Crippen LogP contribution in [0.5, 0.6) is 0 Å². The molecule has 1 aromatic carbocycles. The van der Waals surface area contributed by atoms with Crippen molar-refractivity contribution in [1.82, 2.24) is 31.0 Å². The summed E-state index contributed by atoms with van der Waals surface area (Å²) in [4.78, 5) is 16.9. The quantitative estimate of drug-likeness (QED) is 0.304. The number of piperidine rings is 1. The number of pyridine rings is 1. The van der Waals surface area contributed by atoms with Crippen LogP contribution in [0.25, 0.3) is 22.2 Å². The third-order valence-corrected chi connectivity index (χ3v) is 6.75. The lowest BCUT2D eigenvalue weighted by atomic mass is 9.93. The first kappa shape index (κ1) is 24.9. The molecule has 2 atom stereocenters. The average molecular weight is 506 g/mol. The van der Waals surface area contributed by atoms with Gasteiger partial charge in [0.25, 0.3) is 5.91 Å². The topological polar surface area (TPSA) is 121 Å². The van der Waals surface area contributed by atoms with E-state index in [1.54, 1.807) is 18.3 Å². The summed E-state index contributed by atoms with van der Waals surface area (Å²) in [5.41, 5.74) is 2.44. The Bertz CT molecular complexity index is 1410. The number of hydrogen-bond donors (Lipinski definition) is 4. The van der Waals surface area contributed by atoms with Crippen molar-refractivity contribution < 1.29 is 13.7 Å². The standard InChI is InChI=1S/C27H32FN7O2/c1-15-5-8-18(14-30-15)32-25-23-19(9-10-29-24(23)33-34-25)16-6-7-17(20(28)11-16)13-31-26(36)21-12-22(37-35-21)27(2,3)4/h6-7,9-12,15,18,30H,5,8,13-14H2,1-4H3,(H,31,36)(H2,29,32,33,34)/t15-,18+/m0/s1. The van der Waals surface area contributed by atoms with Crippen molar-refractivity contribution in [2.45, 2.75) is 64.6 Å². The molecule has 1 aliphatic heterocycles. The van der Waals surface area contributed by atoms with Crippen molar-refractivity contribution in [2.75, 3.05) is 11.9 Å². The van der Waals surface area contributed by atoms with Crippen molar-refractivity contribution in [3.05, 3.63) is 59.4 Å². The zero-order chi connectivity index (χ0) is 26.2. The number of hydrogen-bond acceptors (Lipinski definition) is 7. The number of rotatable bonds is 6. The van der Waals surface area contributed by atoms with Crippen LogP contribution in [0.2, 0.25) is 0 Å². The van der Waals surface area contributed by atoms with Crippen LogP contribution < -0.4 is 16.0 Å². The first-order valence-corrected chi connectivity index (χ1v) is 12.6. The van der Waals surface area contributed by atoms with Gasteiger partial charge in [0.2, 0.25) is 0 Å². The molecule has 0 unspecified atom stereocenters. The van der Waals surface area contributed by atoms with Gasteiger partial charge in [0.05, 0.1) is 5.39 Å². The fraction of sp³-hybridized carbons (Fsp3) is 0.407. The number of halogens is 1. The summed E-state index contributed by atoms with van der Waals surface area (Å²) in [5.74, 6) is 0.485. The molecule has 1 fully saturated rings. The molecule has 1 aliphatic rings. The first-order chi connectivity index (χ1) is 17.7. The summed E-state index contributed by atoms with van der Waals surface area (Å²) < 4.78 is 20.4. The summed E-state index contributed by atoms with van der Waals surface area (Å²) in [6.07, 6.45) is 3.81. The molecule has 9 nitrogen and oxygen atoms in total. The predicted octanol–water partition coefficient (Wildman–Crippen LogP) is 4.53. The molecule has 37 heavy (non-hydrogen) atoms. The Hall–Kier alpha value is -3.79.